The molecule has 1 aliphatic rings. The highest BCUT2D eigenvalue weighted by Crippen LogP contribution is 2.22. The molecule has 0 atom stereocenters. The van der Waals surface area contributed by atoms with Crippen LogP contribution in [0.2, 0.25) is 0 Å². The van der Waals surface area contributed by atoms with Gasteiger partial charge in [0, 0.05) is 0 Å². The molecule has 0 aliphatic heterocycles. The molecule has 1 aliphatic carbocycles. The highest BCUT2D eigenvalue weighted by Gasteiger charge is 2.20. The molecular formula is C13H16O2. The molecule has 0 radical (unpaired) electrons. The number of ether oxygens (including phenoxy) is 1. The van der Waals surface area contributed by atoms with E-state index in [1.807, 2.05) is 31.2 Å². The van der Waals surface area contributed by atoms with Gasteiger partial charge in [-0.1, -0.05) is 18.2 Å². The van der Waals surface area contributed by atoms with E-state index in [1.165, 1.54) is 12.8 Å². The van der Waals surface area contributed by atoms with Gasteiger partial charge >= 0.3 is 5.97 Å². The van der Waals surface area contributed by atoms with Crippen molar-refractivity contribution in [2.75, 3.05) is 0 Å². The van der Waals surface area contributed by atoms with Crippen molar-refractivity contribution in [3.8, 4) is 0 Å². The molecule has 1 saturated carbocycles. The molecule has 1 aromatic rings. The van der Waals surface area contributed by atoms with Crippen LogP contribution in [0.3, 0.4) is 0 Å². The maximum atomic E-state index is 11.8. The van der Waals surface area contributed by atoms with E-state index in [4.69, 9.17) is 4.74 Å². The fraction of sp³-hybridized carbons (Fsp3) is 0.462. The van der Waals surface area contributed by atoms with Crippen LogP contribution in [0.25, 0.3) is 0 Å². The Morgan fingerprint density at radius 2 is 1.93 bits per heavy atom. The zero-order valence-corrected chi connectivity index (χ0v) is 9.03. The Morgan fingerprint density at radius 1 is 1.27 bits per heavy atom. The molecule has 0 spiro atoms. The molecule has 0 aromatic heterocycles. The van der Waals surface area contributed by atoms with Crippen LogP contribution in [-0.2, 0) is 4.74 Å². The second-order valence-corrected chi connectivity index (χ2v) is 4.13. The molecule has 15 heavy (non-hydrogen) atoms. The van der Waals surface area contributed by atoms with Crippen molar-refractivity contribution in [3.63, 3.8) is 0 Å². The van der Waals surface area contributed by atoms with Crippen molar-refractivity contribution >= 4 is 5.97 Å². The van der Waals surface area contributed by atoms with Gasteiger partial charge in [-0.2, -0.15) is 0 Å². The van der Waals surface area contributed by atoms with Crippen LogP contribution in [0.5, 0.6) is 0 Å². The van der Waals surface area contributed by atoms with Crippen LogP contribution in [0.15, 0.2) is 24.3 Å². The van der Waals surface area contributed by atoms with E-state index in [-0.39, 0.29) is 12.1 Å². The molecule has 0 amide bonds. The third-order valence-corrected chi connectivity index (χ3v) is 2.94. The topological polar surface area (TPSA) is 26.3 Å². The van der Waals surface area contributed by atoms with Gasteiger partial charge in [-0.25, -0.2) is 4.79 Å². The Hall–Kier alpha value is -1.31. The first kappa shape index (κ1) is 10.2. The highest BCUT2D eigenvalue weighted by molar-refractivity contribution is 5.91. The Bertz CT molecular complexity index is 351. The van der Waals surface area contributed by atoms with Crippen LogP contribution in [0, 0.1) is 6.92 Å². The van der Waals surface area contributed by atoms with Crippen LogP contribution in [0.4, 0.5) is 0 Å². The first-order valence-electron chi connectivity index (χ1n) is 5.54. The predicted molar refractivity (Wildman–Crippen MR) is 58.9 cm³/mol. The van der Waals surface area contributed by atoms with Crippen molar-refractivity contribution < 1.29 is 9.53 Å². The maximum Gasteiger partial charge on any atom is 0.338 e. The van der Waals surface area contributed by atoms with Crippen LogP contribution >= 0.6 is 0 Å². The van der Waals surface area contributed by atoms with Gasteiger partial charge in [0.25, 0.3) is 0 Å². The van der Waals surface area contributed by atoms with E-state index < -0.39 is 0 Å². The number of benzene rings is 1. The fourth-order valence-corrected chi connectivity index (χ4v) is 2.02. The second kappa shape index (κ2) is 4.47. The van der Waals surface area contributed by atoms with Crippen molar-refractivity contribution in [1.29, 1.82) is 0 Å². The Labute approximate surface area is 90.3 Å². The van der Waals surface area contributed by atoms with Gasteiger partial charge in [-0.3, -0.25) is 0 Å². The second-order valence-electron chi connectivity index (χ2n) is 4.13. The number of esters is 1. The highest BCUT2D eigenvalue weighted by atomic mass is 16.5. The van der Waals surface area contributed by atoms with E-state index >= 15 is 0 Å². The average Bonchev–Trinajstić information content (AvgIpc) is 2.71. The lowest BCUT2D eigenvalue weighted by Crippen LogP contribution is -2.15. The summed E-state index contributed by atoms with van der Waals surface area (Å²) in [5.74, 6) is -0.167. The zero-order valence-electron chi connectivity index (χ0n) is 9.03. The lowest BCUT2D eigenvalue weighted by molar-refractivity contribution is 0.0317. The van der Waals surface area contributed by atoms with Gasteiger partial charge in [-0.15, -0.1) is 0 Å². The molecular weight excluding hydrogens is 188 g/mol. The summed E-state index contributed by atoms with van der Waals surface area (Å²) in [6, 6.07) is 7.57. The van der Waals surface area contributed by atoms with E-state index in [2.05, 4.69) is 0 Å². The number of carbonyl (C=O) groups excluding carboxylic acids is 1. The van der Waals surface area contributed by atoms with E-state index in [1.54, 1.807) is 0 Å². The fourth-order valence-electron chi connectivity index (χ4n) is 2.02. The molecule has 0 heterocycles. The third-order valence-electron chi connectivity index (χ3n) is 2.94. The first-order chi connectivity index (χ1) is 7.27. The van der Waals surface area contributed by atoms with Gasteiger partial charge in [0.2, 0.25) is 0 Å². The molecule has 2 nitrogen and oxygen atoms in total. The molecule has 0 bridgehead atoms. The van der Waals surface area contributed by atoms with Gasteiger partial charge in [0.15, 0.2) is 0 Å². The van der Waals surface area contributed by atoms with E-state index in [0.717, 1.165) is 18.4 Å². The minimum Gasteiger partial charge on any atom is -0.459 e. The lowest BCUT2D eigenvalue weighted by Gasteiger charge is -2.12. The summed E-state index contributed by atoms with van der Waals surface area (Å²) in [6.45, 7) is 1.94. The zero-order chi connectivity index (χ0) is 10.7. The van der Waals surface area contributed by atoms with Crippen LogP contribution in [0.1, 0.15) is 41.6 Å². The smallest absolute Gasteiger partial charge is 0.338 e. The van der Waals surface area contributed by atoms with Crippen molar-refractivity contribution in [3.05, 3.63) is 35.4 Å². The quantitative estimate of drug-likeness (QED) is 0.692. The monoisotopic (exact) mass is 204 g/mol. The van der Waals surface area contributed by atoms with Gasteiger partial charge in [0.1, 0.15) is 6.10 Å². The van der Waals surface area contributed by atoms with Crippen molar-refractivity contribution in [2.24, 2.45) is 0 Å². The SMILES string of the molecule is Cc1ccccc1C(=O)OC1CCCC1. The van der Waals surface area contributed by atoms with Crippen molar-refractivity contribution in [1.82, 2.24) is 0 Å². The largest absolute Gasteiger partial charge is 0.459 e. The molecule has 1 fully saturated rings. The Morgan fingerprint density at radius 3 is 2.60 bits per heavy atom. The molecule has 2 rings (SSSR count). The summed E-state index contributed by atoms with van der Waals surface area (Å²) in [6.07, 6.45) is 4.57. The normalized spacial score (nSPS) is 16.6. The number of hydrogen-bond donors (Lipinski definition) is 0. The third kappa shape index (κ3) is 2.38. The summed E-state index contributed by atoms with van der Waals surface area (Å²) in [4.78, 5) is 11.8. The summed E-state index contributed by atoms with van der Waals surface area (Å²) in [5.41, 5.74) is 1.69. The minimum absolute atomic E-state index is 0.150. The first-order valence-corrected chi connectivity index (χ1v) is 5.54. The molecule has 0 N–H and O–H groups in total. The molecule has 1 aromatic carbocycles. The maximum absolute atomic E-state index is 11.8. The summed E-state index contributed by atoms with van der Waals surface area (Å²) in [7, 11) is 0. The molecule has 80 valence electrons. The van der Waals surface area contributed by atoms with Gasteiger partial charge in [-0.05, 0) is 44.2 Å². The number of hydrogen-bond acceptors (Lipinski definition) is 2. The Kier molecular flexibility index (Phi) is 3.05. The number of carbonyl (C=O) groups is 1. The average molecular weight is 204 g/mol. The summed E-state index contributed by atoms with van der Waals surface area (Å²) >= 11 is 0. The van der Waals surface area contributed by atoms with E-state index in [9.17, 15) is 4.79 Å². The standard InChI is InChI=1S/C13H16O2/c1-10-6-2-5-9-12(10)13(14)15-11-7-3-4-8-11/h2,5-6,9,11H,3-4,7-8H2,1H3. The van der Waals surface area contributed by atoms with Gasteiger partial charge < -0.3 is 4.74 Å². The molecule has 0 saturated heterocycles. The number of rotatable bonds is 2. The molecule has 2 heteroatoms. The molecule has 0 unspecified atom stereocenters. The summed E-state index contributed by atoms with van der Waals surface area (Å²) < 4.78 is 5.44. The predicted octanol–water partition coefficient (Wildman–Crippen LogP) is 3.09. The van der Waals surface area contributed by atoms with Crippen molar-refractivity contribution in [2.45, 2.75) is 38.7 Å². The van der Waals surface area contributed by atoms with E-state index in [0.29, 0.717) is 5.56 Å². The van der Waals surface area contributed by atoms with Gasteiger partial charge in [0.05, 0.1) is 5.56 Å². The Balaban J connectivity index is 2.04. The van der Waals surface area contributed by atoms with Crippen LogP contribution < -0.4 is 0 Å². The number of aryl methyl sites for hydroxylation is 1. The van der Waals surface area contributed by atoms with Crippen LogP contribution in [-0.4, -0.2) is 12.1 Å². The minimum atomic E-state index is -0.167. The lowest BCUT2D eigenvalue weighted by atomic mass is 10.1. The summed E-state index contributed by atoms with van der Waals surface area (Å²) in [5, 5.41) is 0.